The summed E-state index contributed by atoms with van der Waals surface area (Å²) >= 11 is 0. The monoisotopic (exact) mass is 352 g/mol. The molecule has 0 aromatic heterocycles. The van der Waals surface area contributed by atoms with Gasteiger partial charge in [0.1, 0.15) is 0 Å². The molecule has 2 aliphatic heterocycles. The molecule has 0 spiro atoms. The highest BCUT2D eigenvalue weighted by atomic mass is 32.2. The molecule has 6 heteroatoms. The standard InChI is InChI=1S/C18H28N2O3S/c1-15-13-20(14-16(2)23-15)24(21,22)19-10-8-18(9-11-19)12-17-6-4-3-5-7-17/h3-7,15-16,18H,8-14H2,1-2H3/t15-,16+. The summed E-state index contributed by atoms with van der Waals surface area (Å²) in [5.41, 5.74) is 1.34. The lowest BCUT2D eigenvalue weighted by Gasteiger charge is -2.39. The Kier molecular flexibility index (Phi) is 5.59. The van der Waals surface area contributed by atoms with Crippen molar-refractivity contribution in [2.75, 3.05) is 26.2 Å². The van der Waals surface area contributed by atoms with Crippen LogP contribution in [0.15, 0.2) is 30.3 Å². The lowest BCUT2D eigenvalue weighted by Crippen LogP contribution is -2.54. The summed E-state index contributed by atoms with van der Waals surface area (Å²) in [5.74, 6) is 0.571. The van der Waals surface area contributed by atoms with Gasteiger partial charge in [0.2, 0.25) is 0 Å². The maximum atomic E-state index is 12.9. The van der Waals surface area contributed by atoms with E-state index in [4.69, 9.17) is 4.74 Å². The van der Waals surface area contributed by atoms with Gasteiger partial charge in [-0.05, 0) is 44.6 Å². The predicted molar refractivity (Wildman–Crippen MR) is 94.9 cm³/mol. The summed E-state index contributed by atoms with van der Waals surface area (Å²) in [5, 5.41) is 0. The molecular formula is C18H28N2O3S. The largest absolute Gasteiger partial charge is 0.373 e. The van der Waals surface area contributed by atoms with E-state index in [-0.39, 0.29) is 12.2 Å². The van der Waals surface area contributed by atoms with Crippen LogP contribution in [0.25, 0.3) is 0 Å². The summed E-state index contributed by atoms with van der Waals surface area (Å²) in [6.45, 7) is 6.03. The Labute approximate surface area is 145 Å². The van der Waals surface area contributed by atoms with Crippen LogP contribution in [0.5, 0.6) is 0 Å². The van der Waals surface area contributed by atoms with Crippen molar-refractivity contribution in [3.8, 4) is 0 Å². The van der Waals surface area contributed by atoms with Gasteiger partial charge >= 0.3 is 0 Å². The first kappa shape index (κ1) is 17.9. The topological polar surface area (TPSA) is 49.9 Å². The third-order valence-electron chi connectivity index (χ3n) is 4.98. The number of piperidine rings is 1. The van der Waals surface area contributed by atoms with Crippen molar-refractivity contribution >= 4 is 10.2 Å². The molecule has 2 fully saturated rings. The molecular weight excluding hydrogens is 324 g/mol. The Balaban J connectivity index is 1.57. The van der Waals surface area contributed by atoms with Crippen LogP contribution in [0.4, 0.5) is 0 Å². The number of rotatable bonds is 4. The van der Waals surface area contributed by atoms with Crippen molar-refractivity contribution in [1.29, 1.82) is 0 Å². The second-order valence-corrected chi connectivity index (χ2v) is 9.04. The van der Waals surface area contributed by atoms with E-state index in [1.165, 1.54) is 5.56 Å². The van der Waals surface area contributed by atoms with Crippen molar-refractivity contribution in [1.82, 2.24) is 8.61 Å². The van der Waals surface area contributed by atoms with Crippen LogP contribution in [0, 0.1) is 5.92 Å². The molecule has 1 aromatic rings. The second-order valence-electron chi connectivity index (χ2n) is 7.11. The Morgan fingerprint density at radius 3 is 2.17 bits per heavy atom. The summed E-state index contributed by atoms with van der Waals surface area (Å²) in [6.07, 6.45) is 2.83. The first-order chi connectivity index (χ1) is 11.4. The molecule has 2 atom stereocenters. The van der Waals surface area contributed by atoms with E-state index in [1.54, 1.807) is 8.61 Å². The summed E-state index contributed by atoms with van der Waals surface area (Å²) < 4.78 is 34.7. The highest BCUT2D eigenvalue weighted by Gasteiger charge is 2.36. The van der Waals surface area contributed by atoms with Crippen LogP contribution in [0.2, 0.25) is 0 Å². The summed E-state index contributed by atoms with van der Waals surface area (Å²) in [6, 6.07) is 10.5. The number of morpholine rings is 1. The third-order valence-corrected chi connectivity index (χ3v) is 6.95. The van der Waals surface area contributed by atoms with E-state index in [9.17, 15) is 8.42 Å². The maximum Gasteiger partial charge on any atom is 0.282 e. The molecule has 0 radical (unpaired) electrons. The van der Waals surface area contributed by atoms with Gasteiger partial charge in [-0.25, -0.2) is 0 Å². The average molecular weight is 353 g/mol. The van der Waals surface area contributed by atoms with Gasteiger partial charge in [0.05, 0.1) is 12.2 Å². The first-order valence-electron chi connectivity index (χ1n) is 8.89. The maximum absolute atomic E-state index is 12.9. The number of nitrogens with zero attached hydrogens (tertiary/aromatic N) is 2. The van der Waals surface area contributed by atoms with Crippen LogP contribution in [0.3, 0.4) is 0 Å². The zero-order valence-electron chi connectivity index (χ0n) is 14.6. The predicted octanol–water partition coefficient (Wildman–Crippen LogP) is 2.30. The van der Waals surface area contributed by atoms with Gasteiger partial charge in [0.15, 0.2) is 0 Å². The Bertz CT molecular complexity index is 617. The number of ether oxygens (including phenoxy) is 1. The van der Waals surface area contributed by atoms with Crippen LogP contribution in [0.1, 0.15) is 32.3 Å². The van der Waals surface area contributed by atoms with Crippen molar-refractivity contribution in [3.05, 3.63) is 35.9 Å². The van der Waals surface area contributed by atoms with Crippen molar-refractivity contribution in [2.45, 2.75) is 45.3 Å². The summed E-state index contributed by atoms with van der Waals surface area (Å²) in [4.78, 5) is 0. The molecule has 2 aliphatic rings. The van der Waals surface area contributed by atoms with E-state index < -0.39 is 10.2 Å². The molecule has 0 N–H and O–H groups in total. The molecule has 0 saturated carbocycles. The van der Waals surface area contributed by atoms with Gasteiger partial charge in [-0.15, -0.1) is 0 Å². The van der Waals surface area contributed by atoms with Gasteiger partial charge < -0.3 is 4.74 Å². The minimum absolute atomic E-state index is 0.0425. The number of benzene rings is 1. The fourth-order valence-electron chi connectivity index (χ4n) is 3.77. The van der Waals surface area contributed by atoms with Gasteiger partial charge in [-0.1, -0.05) is 30.3 Å². The molecule has 2 saturated heterocycles. The molecule has 134 valence electrons. The van der Waals surface area contributed by atoms with Gasteiger partial charge in [0, 0.05) is 26.2 Å². The lowest BCUT2D eigenvalue weighted by atomic mass is 9.91. The molecule has 24 heavy (non-hydrogen) atoms. The third kappa shape index (κ3) is 4.17. The molecule has 0 bridgehead atoms. The fraction of sp³-hybridized carbons (Fsp3) is 0.667. The molecule has 3 rings (SSSR count). The van der Waals surface area contributed by atoms with Gasteiger partial charge in [-0.2, -0.15) is 17.0 Å². The van der Waals surface area contributed by atoms with Crippen LogP contribution < -0.4 is 0 Å². The Morgan fingerprint density at radius 2 is 1.58 bits per heavy atom. The van der Waals surface area contributed by atoms with E-state index in [0.717, 1.165) is 19.3 Å². The lowest BCUT2D eigenvalue weighted by molar-refractivity contribution is -0.0456. The van der Waals surface area contributed by atoms with E-state index in [0.29, 0.717) is 32.1 Å². The molecule has 1 aromatic carbocycles. The van der Waals surface area contributed by atoms with E-state index >= 15 is 0 Å². The van der Waals surface area contributed by atoms with Crippen LogP contribution in [-0.2, 0) is 21.4 Å². The first-order valence-corrected chi connectivity index (χ1v) is 10.3. The van der Waals surface area contributed by atoms with Crippen molar-refractivity contribution in [2.24, 2.45) is 5.92 Å². The zero-order valence-corrected chi connectivity index (χ0v) is 15.4. The molecule has 0 amide bonds. The van der Waals surface area contributed by atoms with Crippen molar-refractivity contribution < 1.29 is 13.2 Å². The quantitative estimate of drug-likeness (QED) is 0.835. The van der Waals surface area contributed by atoms with Crippen LogP contribution in [-0.4, -0.2) is 55.4 Å². The SMILES string of the molecule is C[C@@H]1CN(S(=O)(=O)N2CCC(Cc3ccccc3)CC2)C[C@H](C)O1. The number of hydrogen-bond donors (Lipinski definition) is 0. The highest BCUT2D eigenvalue weighted by molar-refractivity contribution is 7.86. The fourth-order valence-corrected chi connectivity index (χ4v) is 5.57. The van der Waals surface area contributed by atoms with Crippen molar-refractivity contribution in [3.63, 3.8) is 0 Å². The minimum Gasteiger partial charge on any atom is -0.373 e. The molecule has 2 heterocycles. The highest BCUT2D eigenvalue weighted by Crippen LogP contribution is 2.26. The molecule has 0 aliphatic carbocycles. The van der Waals surface area contributed by atoms with E-state index in [2.05, 4.69) is 24.3 Å². The molecule has 5 nitrogen and oxygen atoms in total. The zero-order chi connectivity index (χ0) is 17.2. The minimum atomic E-state index is -3.36. The molecule has 0 unspecified atom stereocenters. The Hall–Kier alpha value is -0.950. The summed E-state index contributed by atoms with van der Waals surface area (Å²) in [7, 11) is -3.36. The van der Waals surface area contributed by atoms with Gasteiger partial charge in [0.25, 0.3) is 10.2 Å². The van der Waals surface area contributed by atoms with Crippen LogP contribution >= 0.6 is 0 Å². The Morgan fingerprint density at radius 1 is 1.00 bits per heavy atom. The van der Waals surface area contributed by atoms with Gasteiger partial charge in [-0.3, -0.25) is 0 Å². The number of hydrogen-bond acceptors (Lipinski definition) is 3. The normalized spacial score (nSPS) is 28.1. The second kappa shape index (κ2) is 7.52. The smallest absolute Gasteiger partial charge is 0.282 e. The van der Waals surface area contributed by atoms with E-state index in [1.807, 2.05) is 19.9 Å². The average Bonchev–Trinajstić information content (AvgIpc) is 2.55.